The summed E-state index contributed by atoms with van der Waals surface area (Å²) in [6, 6.07) is 17.5. The lowest BCUT2D eigenvalue weighted by Crippen LogP contribution is -2.40. The van der Waals surface area contributed by atoms with Crippen LogP contribution in [-0.4, -0.2) is 52.6 Å². The number of fused-ring (bicyclic) bond motifs is 1. The van der Waals surface area contributed by atoms with Crippen LogP contribution in [0.4, 0.5) is 0 Å². The molecule has 2 aliphatic rings. The minimum absolute atomic E-state index is 0.0213. The first kappa shape index (κ1) is 22.3. The van der Waals surface area contributed by atoms with Crippen molar-refractivity contribution in [1.29, 1.82) is 0 Å². The molecule has 1 N–H and O–H groups in total. The summed E-state index contributed by atoms with van der Waals surface area (Å²) >= 11 is 0. The lowest BCUT2D eigenvalue weighted by molar-refractivity contribution is 0.0303. The van der Waals surface area contributed by atoms with E-state index in [1.54, 1.807) is 0 Å². The smallest absolute Gasteiger partial charge is 0.272 e. The predicted octanol–water partition coefficient (Wildman–Crippen LogP) is 3.68. The topological polar surface area (TPSA) is 76.5 Å². The predicted molar refractivity (Wildman–Crippen MR) is 130 cm³/mol. The van der Waals surface area contributed by atoms with Gasteiger partial charge in [-0.3, -0.25) is 9.59 Å². The van der Waals surface area contributed by atoms with Gasteiger partial charge in [0.05, 0.1) is 18.9 Å². The number of hydrogen-bond acceptors (Lipinski definition) is 4. The highest BCUT2D eigenvalue weighted by atomic mass is 16.5. The molecule has 2 aliphatic heterocycles. The molecule has 2 amide bonds. The monoisotopic (exact) mass is 458 g/mol. The van der Waals surface area contributed by atoms with Crippen LogP contribution in [0.25, 0.3) is 11.4 Å². The van der Waals surface area contributed by atoms with Gasteiger partial charge in [-0.15, -0.1) is 0 Å². The lowest BCUT2D eigenvalue weighted by Gasteiger charge is -2.26. The second-order valence-corrected chi connectivity index (χ2v) is 8.84. The molecule has 3 heterocycles. The van der Waals surface area contributed by atoms with Gasteiger partial charge < -0.3 is 19.5 Å². The van der Waals surface area contributed by atoms with Gasteiger partial charge >= 0.3 is 0 Å². The molecule has 0 saturated carbocycles. The van der Waals surface area contributed by atoms with Gasteiger partial charge in [0.1, 0.15) is 11.5 Å². The number of carbonyl (C=O) groups is 2. The number of nitrogens with zero attached hydrogens (tertiary/aromatic N) is 3. The molecule has 7 nitrogen and oxygen atoms in total. The third kappa shape index (κ3) is 4.75. The Hall–Kier alpha value is -3.45. The van der Waals surface area contributed by atoms with Crippen LogP contribution in [0.3, 0.4) is 0 Å². The summed E-state index contributed by atoms with van der Waals surface area (Å²) in [6.45, 7) is 3.68. The van der Waals surface area contributed by atoms with E-state index in [4.69, 9.17) is 9.72 Å². The molecule has 34 heavy (non-hydrogen) atoms. The van der Waals surface area contributed by atoms with E-state index < -0.39 is 0 Å². The Bertz CT molecular complexity index is 1150. The number of carbonyl (C=O) groups excluding carboxylic acids is 2. The van der Waals surface area contributed by atoms with E-state index in [-0.39, 0.29) is 11.8 Å². The van der Waals surface area contributed by atoms with Crippen molar-refractivity contribution in [2.45, 2.75) is 38.8 Å². The van der Waals surface area contributed by atoms with Crippen LogP contribution in [0.5, 0.6) is 0 Å². The second kappa shape index (κ2) is 10.2. The highest BCUT2D eigenvalue weighted by molar-refractivity contribution is 5.95. The fourth-order valence-corrected chi connectivity index (χ4v) is 4.69. The summed E-state index contributed by atoms with van der Waals surface area (Å²) in [5.41, 5.74) is 4.19. The number of imidazole rings is 1. The zero-order chi connectivity index (χ0) is 23.3. The summed E-state index contributed by atoms with van der Waals surface area (Å²) in [6.07, 6.45) is 4.19. The van der Waals surface area contributed by atoms with Gasteiger partial charge in [-0.2, -0.15) is 0 Å². The molecule has 176 valence electrons. The number of aromatic nitrogens is 2. The quantitative estimate of drug-likeness (QED) is 0.633. The van der Waals surface area contributed by atoms with Crippen molar-refractivity contribution >= 4 is 11.8 Å². The van der Waals surface area contributed by atoms with Crippen LogP contribution in [0, 0.1) is 0 Å². The van der Waals surface area contributed by atoms with Gasteiger partial charge in [-0.1, -0.05) is 48.9 Å². The molecular weight excluding hydrogens is 428 g/mol. The van der Waals surface area contributed by atoms with Crippen molar-refractivity contribution < 1.29 is 14.3 Å². The molecule has 7 heteroatoms. The first-order valence-corrected chi connectivity index (χ1v) is 12.1. The maximum Gasteiger partial charge on any atom is 0.272 e. The maximum atomic E-state index is 13.2. The van der Waals surface area contributed by atoms with Crippen molar-refractivity contribution in [2.75, 3.05) is 26.3 Å². The number of benzene rings is 2. The van der Waals surface area contributed by atoms with Crippen LogP contribution >= 0.6 is 0 Å². The van der Waals surface area contributed by atoms with Crippen LogP contribution < -0.4 is 5.32 Å². The molecule has 1 fully saturated rings. The SMILES string of the molecule is O=C(NCc1ccc(C(=O)N2CCOCC2)cc1)c1nc(-c2ccccc2)n2c1CCCCC2. The minimum atomic E-state index is -0.152. The molecular formula is C27H30N4O3. The highest BCUT2D eigenvalue weighted by Crippen LogP contribution is 2.27. The maximum absolute atomic E-state index is 13.2. The van der Waals surface area contributed by atoms with E-state index in [0.717, 1.165) is 54.9 Å². The molecule has 5 rings (SSSR count). The van der Waals surface area contributed by atoms with Crippen LogP contribution in [0.1, 0.15) is 51.4 Å². The standard InChI is InChI=1S/C27H30N4O3/c32-26(28-19-20-10-12-22(13-11-20)27(33)30-15-17-34-18-16-30)24-23-9-5-2-6-14-31(23)25(29-24)21-7-3-1-4-8-21/h1,3-4,7-8,10-13H,2,5-6,9,14-19H2,(H,28,32). The van der Waals surface area contributed by atoms with E-state index in [1.165, 1.54) is 0 Å². The lowest BCUT2D eigenvalue weighted by atomic mass is 10.1. The van der Waals surface area contributed by atoms with Crippen LogP contribution in [-0.2, 0) is 24.2 Å². The molecule has 3 aromatic rings. The van der Waals surface area contributed by atoms with Gasteiger partial charge in [0.25, 0.3) is 11.8 Å². The molecule has 0 aliphatic carbocycles. The van der Waals surface area contributed by atoms with E-state index >= 15 is 0 Å². The summed E-state index contributed by atoms with van der Waals surface area (Å²) in [7, 11) is 0. The number of rotatable bonds is 5. The van der Waals surface area contributed by atoms with Crippen molar-refractivity contribution in [3.63, 3.8) is 0 Å². The highest BCUT2D eigenvalue weighted by Gasteiger charge is 2.24. The average molecular weight is 459 g/mol. The Kier molecular flexibility index (Phi) is 6.72. The summed E-state index contributed by atoms with van der Waals surface area (Å²) in [5.74, 6) is 0.739. The van der Waals surface area contributed by atoms with Crippen molar-refractivity contribution in [2.24, 2.45) is 0 Å². The molecule has 0 spiro atoms. The fraction of sp³-hybridized carbons (Fsp3) is 0.370. The number of hydrogen-bond donors (Lipinski definition) is 1. The van der Waals surface area contributed by atoms with E-state index in [2.05, 4.69) is 9.88 Å². The van der Waals surface area contributed by atoms with Crippen LogP contribution in [0.2, 0.25) is 0 Å². The zero-order valence-corrected chi connectivity index (χ0v) is 19.3. The van der Waals surface area contributed by atoms with Gasteiger partial charge in [0.2, 0.25) is 0 Å². The zero-order valence-electron chi connectivity index (χ0n) is 19.3. The van der Waals surface area contributed by atoms with E-state index in [1.807, 2.05) is 59.5 Å². The number of morpholine rings is 1. The Labute approximate surface area is 199 Å². The number of nitrogens with one attached hydrogen (secondary N) is 1. The van der Waals surface area contributed by atoms with E-state index in [9.17, 15) is 9.59 Å². The first-order chi connectivity index (χ1) is 16.7. The average Bonchev–Trinajstić information content (AvgIpc) is 3.09. The largest absolute Gasteiger partial charge is 0.378 e. The molecule has 0 bridgehead atoms. The normalized spacial score (nSPS) is 15.9. The van der Waals surface area contributed by atoms with Gasteiger partial charge in [-0.25, -0.2) is 4.98 Å². The second-order valence-electron chi connectivity index (χ2n) is 8.84. The third-order valence-electron chi connectivity index (χ3n) is 6.57. The summed E-state index contributed by atoms with van der Waals surface area (Å²) < 4.78 is 7.55. The Morgan fingerprint density at radius 1 is 0.912 bits per heavy atom. The van der Waals surface area contributed by atoms with E-state index in [0.29, 0.717) is 44.1 Å². The number of ether oxygens (including phenoxy) is 1. The Morgan fingerprint density at radius 3 is 2.44 bits per heavy atom. The van der Waals surface area contributed by atoms with Crippen molar-refractivity contribution in [3.05, 3.63) is 77.1 Å². The molecule has 0 atom stereocenters. The first-order valence-electron chi connectivity index (χ1n) is 12.1. The summed E-state index contributed by atoms with van der Waals surface area (Å²) in [4.78, 5) is 32.4. The van der Waals surface area contributed by atoms with Crippen LogP contribution in [0.15, 0.2) is 54.6 Å². The molecule has 1 aromatic heterocycles. The summed E-state index contributed by atoms with van der Waals surface area (Å²) in [5, 5.41) is 3.04. The van der Waals surface area contributed by atoms with Gasteiger partial charge in [-0.05, 0) is 37.0 Å². The fourth-order valence-electron chi connectivity index (χ4n) is 4.69. The molecule has 0 radical (unpaired) electrons. The third-order valence-corrected chi connectivity index (χ3v) is 6.57. The van der Waals surface area contributed by atoms with Gasteiger partial charge in [0, 0.05) is 37.3 Å². The Morgan fingerprint density at radius 2 is 1.68 bits per heavy atom. The molecule has 0 unspecified atom stereocenters. The van der Waals surface area contributed by atoms with Crippen molar-refractivity contribution in [3.8, 4) is 11.4 Å². The Balaban J connectivity index is 1.29. The number of amides is 2. The molecule has 1 saturated heterocycles. The minimum Gasteiger partial charge on any atom is -0.378 e. The van der Waals surface area contributed by atoms with Gasteiger partial charge in [0.15, 0.2) is 0 Å². The molecule has 2 aromatic carbocycles. The van der Waals surface area contributed by atoms with Crippen molar-refractivity contribution in [1.82, 2.24) is 19.8 Å².